The predicted octanol–water partition coefficient (Wildman–Crippen LogP) is 3.42. The van der Waals surface area contributed by atoms with Crippen molar-refractivity contribution in [3.63, 3.8) is 0 Å². The number of primary amides is 1. The zero-order chi connectivity index (χ0) is 18.1. The highest BCUT2D eigenvalue weighted by molar-refractivity contribution is 6.32. The van der Waals surface area contributed by atoms with Crippen molar-refractivity contribution < 1.29 is 19.1 Å². The first kappa shape index (κ1) is 20.3. The molecule has 0 bridgehead atoms. The van der Waals surface area contributed by atoms with Gasteiger partial charge in [0.25, 0.3) is 0 Å². The first-order valence-corrected chi connectivity index (χ1v) is 8.48. The van der Waals surface area contributed by atoms with Crippen LogP contribution in [0.25, 0.3) is 0 Å². The number of hydrogen-bond acceptors (Lipinski definition) is 4. The highest BCUT2D eigenvalue weighted by atomic mass is 35.5. The zero-order valence-corrected chi connectivity index (χ0v) is 15.3. The number of methoxy groups -OCH3 is 1. The zero-order valence-electron chi connectivity index (χ0n) is 14.6. The molecule has 0 aliphatic rings. The average molecular weight is 356 g/mol. The maximum absolute atomic E-state index is 11.2. The second kappa shape index (κ2) is 10.2. The van der Waals surface area contributed by atoms with E-state index in [4.69, 9.17) is 22.1 Å². The number of hydrogen-bond donors (Lipinski definition) is 1. The Bertz CT molecular complexity index is 574. The monoisotopic (exact) mass is 355 g/mol. The molecule has 0 unspecified atom stereocenters. The number of aryl methyl sites for hydroxylation is 2. The maximum atomic E-state index is 11.2. The summed E-state index contributed by atoms with van der Waals surface area (Å²) in [5, 5.41) is 0.576. The Balaban J connectivity index is 2.64. The van der Waals surface area contributed by atoms with Crippen molar-refractivity contribution in [1.29, 1.82) is 0 Å². The summed E-state index contributed by atoms with van der Waals surface area (Å²) < 4.78 is 10.5. The van der Waals surface area contributed by atoms with Gasteiger partial charge in [-0.05, 0) is 49.3 Å². The molecular weight excluding hydrogens is 330 g/mol. The number of carbonyl (C=O) groups excluding carboxylic acids is 2. The van der Waals surface area contributed by atoms with Crippen LogP contribution in [0.15, 0.2) is 12.1 Å². The summed E-state index contributed by atoms with van der Waals surface area (Å²) >= 11 is 6.43. The minimum absolute atomic E-state index is 0.205. The number of halogens is 1. The minimum atomic E-state index is -0.302. The molecule has 24 heavy (non-hydrogen) atoms. The fourth-order valence-electron chi connectivity index (χ4n) is 2.32. The van der Waals surface area contributed by atoms with Crippen LogP contribution in [0.1, 0.15) is 43.7 Å². The van der Waals surface area contributed by atoms with E-state index in [1.54, 1.807) is 0 Å². The maximum Gasteiger partial charge on any atom is 0.305 e. The molecule has 134 valence electrons. The molecule has 5 nitrogen and oxygen atoms in total. The molecule has 1 amide bonds. The molecule has 1 aromatic rings. The molecule has 1 rings (SSSR count). The second-order valence-electron chi connectivity index (χ2n) is 6.09. The summed E-state index contributed by atoms with van der Waals surface area (Å²) in [4.78, 5) is 22.0. The number of nitrogens with two attached hydrogens (primary N) is 1. The lowest BCUT2D eigenvalue weighted by molar-refractivity contribution is -0.140. The number of ether oxygens (including phenoxy) is 2. The van der Waals surface area contributed by atoms with Gasteiger partial charge in [-0.2, -0.15) is 0 Å². The van der Waals surface area contributed by atoms with Gasteiger partial charge in [-0.25, -0.2) is 0 Å². The number of amides is 1. The van der Waals surface area contributed by atoms with Crippen molar-refractivity contribution in [2.45, 2.75) is 46.0 Å². The molecule has 0 saturated heterocycles. The molecule has 0 aliphatic carbocycles. The highest BCUT2D eigenvalue weighted by Gasteiger charge is 2.12. The van der Waals surface area contributed by atoms with E-state index in [1.807, 2.05) is 26.0 Å². The third-order valence-electron chi connectivity index (χ3n) is 3.72. The summed E-state index contributed by atoms with van der Waals surface area (Å²) in [6.45, 7) is 4.45. The Labute approximate surface area is 148 Å². The lowest BCUT2D eigenvalue weighted by Crippen LogP contribution is -2.15. The molecular formula is C18H26ClNO4. The Morgan fingerprint density at radius 3 is 2.62 bits per heavy atom. The molecule has 0 fully saturated rings. The average Bonchev–Trinajstić information content (AvgIpc) is 2.53. The lowest BCUT2D eigenvalue weighted by atomic mass is 10.0. The van der Waals surface area contributed by atoms with Crippen LogP contribution in [-0.2, 0) is 20.7 Å². The van der Waals surface area contributed by atoms with E-state index < -0.39 is 0 Å². The Morgan fingerprint density at radius 2 is 2.00 bits per heavy atom. The van der Waals surface area contributed by atoms with Gasteiger partial charge in [-0.1, -0.05) is 24.6 Å². The van der Waals surface area contributed by atoms with Gasteiger partial charge < -0.3 is 15.2 Å². The second-order valence-corrected chi connectivity index (χ2v) is 6.46. The Hall–Kier alpha value is -1.75. The van der Waals surface area contributed by atoms with Gasteiger partial charge >= 0.3 is 5.97 Å². The van der Waals surface area contributed by atoms with E-state index in [0.717, 1.165) is 11.1 Å². The molecule has 0 spiro atoms. The standard InChI is InChI=1S/C18H26ClNO4/c1-12(7-8-16(20)21)11-24-15-10-13(2)9-14(18(15)19)5-4-6-17(22)23-3/h9-10,12H,4-8,11H2,1-3H3,(H2,20,21)/t12-/m0/s1. The Morgan fingerprint density at radius 1 is 1.29 bits per heavy atom. The third-order valence-corrected chi connectivity index (χ3v) is 4.15. The van der Waals surface area contributed by atoms with Crippen molar-refractivity contribution >= 4 is 23.5 Å². The van der Waals surface area contributed by atoms with Crippen molar-refractivity contribution in [3.05, 3.63) is 28.3 Å². The van der Waals surface area contributed by atoms with E-state index >= 15 is 0 Å². The van der Waals surface area contributed by atoms with E-state index in [0.29, 0.717) is 49.5 Å². The number of carbonyl (C=O) groups is 2. The van der Waals surface area contributed by atoms with Crippen LogP contribution in [0, 0.1) is 12.8 Å². The van der Waals surface area contributed by atoms with Gasteiger partial charge in [-0.3, -0.25) is 9.59 Å². The number of esters is 1. The summed E-state index contributed by atoms with van der Waals surface area (Å²) in [6.07, 6.45) is 2.75. The van der Waals surface area contributed by atoms with Crippen LogP contribution in [-0.4, -0.2) is 25.6 Å². The summed E-state index contributed by atoms with van der Waals surface area (Å²) in [7, 11) is 1.38. The van der Waals surface area contributed by atoms with Gasteiger partial charge in [0.1, 0.15) is 5.75 Å². The van der Waals surface area contributed by atoms with Crippen LogP contribution >= 0.6 is 11.6 Å². The number of rotatable bonds is 10. The molecule has 1 atom stereocenters. The van der Waals surface area contributed by atoms with Crippen LogP contribution in [0.4, 0.5) is 0 Å². The smallest absolute Gasteiger partial charge is 0.305 e. The fraction of sp³-hybridized carbons (Fsp3) is 0.556. The fourth-order valence-corrected chi connectivity index (χ4v) is 2.58. The third kappa shape index (κ3) is 7.21. The SMILES string of the molecule is COC(=O)CCCc1cc(C)cc(OC[C@@H](C)CCC(N)=O)c1Cl. The van der Waals surface area contributed by atoms with E-state index in [-0.39, 0.29) is 17.8 Å². The first-order valence-electron chi connectivity index (χ1n) is 8.10. The highest BCUT2D eigenvalue weighted by Crippen LogP contribution is 2.31. The lowest BCUT2D eigenvalue weighted by Gasteiger charge is -2.16. The van der Waals surface area contributed by atoms with Crippen LogP contribution < -0.4 is 10.5 Å². The molecule has 0 radical (unpaired) electrons. The predicted molar refractivity (Wildman–Crippen MR) is 94.2 cm³/mol. The van der Waals surface area contributed by atoms with E-state index in [9.17, 15) is 9.59 Å². The van der Waals surface area contributed by atoms with Crippen LogP contribution in [0.3, 0.4) is 0 Å². The summed E-state index contributed by atoms with van der Waals surface area (Å²) in [5.41, 5.74) is 7.16. The molecule has 0 heterocycles. The van der Waals surface area contributed by atoms with Crippen molar-refractivity contribution in [2.24, 2.45) is 11.7 Å². The van der Waals surface area contributed by atoms with E-state index in [1.165, 1.54) is 7.11 Å². The summed E-state index contributed by atoms with van der Waals surface area (Å²) in [5.74, 6) is 0.314. The molecule has 2 N–H and O–H groups in total. The molecule has 0 aliphatic heterocycles. The molecule has 1 aromatic carbocycles. The van der Waals surface area contributed by atoms with Gasteiger partial charge in [0.05, 0.1) is 18.7 Å². The number of benzene rings is 1. The summed E-state index contributed by atoms with van der Waals surface area (Å²) in [6, 6.07) is 3.90. The van der Waals surface area contributed by atoms with Gasteiger partial charge in [0, 0.05) is 12.8 Å². The molecule has 0 aromatic heterocycles. The topological polar surface area (TPSA) is 78.6 Å². The van der Waals surface area contributed by atoms with Crippen molar-refractivity contribution in [3.8, 4) is 5.75 Å². The largest absolute Gasteiger partial charge is 0.492 e. The quantitative estimate of drug-likeness (QED) is 0.652. The minimum Gasteiger partial charge on any atom is -0.492 e. The van der Waals surface area contributed by atoms with E-state index in [2.05, 4.69) is 4.74 Å². The van der Waals surface area contributed by atoms with Crippen molar-refractivity contribution in [2.75, 3.05) is 13.7 Å². The van der Waals surface area contributed by atoms with Crippen molar-refractivity contribution in [1.82, 2.24) is 0 Å². The Kier molecular flexibility index (Phi) is 8.61. The van der Waals surface area contributed by atoms with Crippen LogP contribution in [0.2, 0.25) is 5.02 Å². The first-order chi connectivity index (χ1) is 11.3. The van der Waals surface area contributed by atoms with Gasteiger partial charge in [0.2, 0.25) is 5.91 Å². The molecule has 0 saturated carbocycles. The van der Waals surface area contributed by atoms with Crippen LogP contribution in [0.5, 0.6) is 5.75 Å². The van der Waals surface area contributed by atoms with Gasteiger partial charge in [-0.15, -0.1) is 0 Å². The van der Waals surface area contributed by atoms with Gasteiger partial charge in [0.15, 0.2) is 0 Å². The normalized spacial score (nSPS) is 11.8. The molecule has 6 heteroatoms.